The molecular weight excluding hydrogens is 348 g/mol. The Kier molecular flexibility index (Phi) is 4.65. The number of fused-ring (bicyclic) bond motifs is 5. The number of hydrogen-bond acceptors (Lipinski definition) is 4. The molecule has 5 rings (SSSR count). The van der Waals surface area contributed by atoms with Crippen LogP contribution in [-0.4, -0.2) is 30.7 Å². The van der Waals surface area contributed by atoms with Gasteiger partial charge in [0.25, 0.3) is 0 Å². The van der Waals surface area contributed by atoms with E-state index in [0.29, 0.717) is 17.1 Å². The zero-order valence-electron chi connectivity index (χ0n) is 18.0. The molecule has 4 heteroatoms. The molecule has 4 aliphatic carbocycles. The number of nitrogens with one attached hydrogen (secondary N) is 1. The summed E-state index contributed by atoms with van der Waals surface area (Å²) in [7, 11) is 0. The zero-order valence-corrected chi connectivity index (χ0v) is 18.0. The van der Waals surface area contributed by atoms with E-state index in [1.165, 1.54) is 25.0 Å². The van der Waals surface area contributed by atoms with E-state index in [1.807, 2.05) is 0 Å². The first-order valence-electron chi connectivity index (χ1n) is 11.9. The maximum Gasteiger partial charge on any atom is 0.141 e. The third-order valence-electron chi connectivity index (χ3n) is 9.91. The maximum atomic E-state index is 12.7. The van der Waals surface area contributed by atoms with Gasteiger partial charge in [0, 0.05) is 24.8 Å². The summed E-state index contributed by atoms with van der Waals surface area (Å²) in [5.74, 6) is 4.23. The number of hydrogen-bond donors (Lipinski definition) is 1. The van der Waals surface area contributed by atoms with Gasteiger partial charge in [-0.25, -0.2) is 0 Å². The molecule has 0 aromatic rings. The number of nitrogens with zero attached hydrogens (tertiary/aromatic N) is 1. The van der Waals surface area contributed by atoms with Crippen LogP contribution in [-0.2, 0) is 9.63 Å². The van der Waals surface area contributed by atoms with E-state index >= 15 is 0 Å². The van der Waals surface area contributed by atoms with Crippen molar-refractivity contribution in [3.63, 3.8) is 0 Å². The van der Waals surface area contributed by atoms with Gasteiger partial charge in [-0.15, -0.1) is 0 Å². The van der Waals surface area contributed by atoms with E-state index in [0.717, 1.165) is 75.3 Å². The molecule has 0 aromatic heterocycles. The first-order chi connectivity index (χ1) is 13.4. The highest BCUT2D eigenvalue weighted by Gasteiger charge is 2.61. The second kappa shape index (κ2) is 6.82. The predicted octanol–water partition coefficient (Wildman–Crippen LogP) is 4.58. The normalized spacial score (nSPS) is 52.2. The second-order valence-corrected chi connectivity index (χ2v) is 11.2. The fourth-order valence-corrected chi connectivity index (χ4v) is 8.16. The summed E-state index contributed by atoms with van der Waals surface area (Å²) in [4.78, 5) is 18.5. The highest BCUT2D eigenvalue weighted by Crippen LogP contribution is 2.66. The molecule has 1 aliphatic heterocycles. The average molecular weight is 387 g/mol. The molecule has 8 atom stereocenters. The SMILES string of the molecule is C[C@@H]1CC2C/C(=N/OC3CCNC3)CC[C@]2(C)[C@H]2CC[C@]3(C)C(=O)CC[C@H]3[C@H]12. The predicted molar refractivity (Wildman–Crippen MR) is 111 cm³/mol. The van der Waals surface area contributed by atoms with Gasteiger partial charge in [-0.3, -0.25) is 4.79 Å². The Labute approximate surface area is 170 Å². The van der Waals surface area contributed by atoms with Crippen LogP contribution in [0.3, 0.4) is 0 Å². The summed E-state index contributed by atoms with van der Waals surface area (Å²) in [6, 6.07) is 0. The maximum absolute atomic E-state index is 12.7. The molecule has 2 unspecified atom stereocenters. The molecule has 1 N–H and O–H groups in total. The quantitative estimate of drug-likeness (QED) is 0.707. The van der Waals surface area contributed by atoms with Crippen LogP contribution in [0, 0.1) is 40.4 Å². The van der Waals surface area contributed by atoms with Crippen molar-refractivity contribution in [2.75, 3.05) is 13.1 Å². The third kappa shape index (κ3) is 2.80. The van der Waals surface area contributed by atoms with Crippen molar-refractivity contribution in [1.29, 1.82) is 0 Å². The number of oxime groups is 1. The topological polar surface area (TPSA) is 50.7 Å². The molecule has 0 aromatic carbocycles. The van der Waals surface area contributed by atoms with Gasteiger partial charge in [-0.2, -0.15) is 0 Å². The van der Waals surface area contributed by atoms with Gasteiger partial charge in [0.05, 0.1) is 5.71 Å². The first kappa shape index (κ1) is 19.1. The number of carbonyl (C=O) groups is 1. The molecule has 0 bridgehead atoms. The number of carbonyl (C=O) groups excluding carboxylic acids is 1. The van der Waals surface area contributed by atoms with Gasteiger partial charge in [0.1, 0.15) is 11.9 Å². The van der Waals surface area contributed by atoms with E-state index in [4.69, 9.17) is 4.84 Å². The van der Waals surface area contributed by atoms with E-state index < -0.39 is 0 Å². The second-order valence-electron chi connectivity index (χ2n) is 11.2. The average Bonchev–Trinajstić information content (AvgIpc) is 3.29. The van der Waals surface area contributed by atoms with Crippen molar-refractivity contribution in [3.05, 3.63) is 0 Å². The van der Waals surface area contributed by atoms with Crippen molar-refractivity contribution in [3.8, 4) is 0 Å². The smallest absolute Gasteiger partial charge is 0.141 e. The molecule has 1 saturated heterocycles. The van der Waals surface area contributed by atoms with Crippen LogP contribution in [0.15, 0.2) is 5.16 Å². The molecular formula is C24H38N2O2. The van der Waals surface area contributed by atoms with Crippen LogP contribution in [0.4, 0.5) is 0 Å². The molecule has 5 fully saturated rings. The van der Waals surface area contributed by atoms with Crippen LogP contribution in [0.2, 0.25) is 0 Å². The summed E-state index contributed by atoms with van der Waals surface area (Å²) in [5, 5.41) is 7.98. The Hall–Kier alpha value is -0.900. The van der Waals surface area contributed by atoms with Crippen molar-refractivity contribution in [1.82, 2.24) is 5.32 Å². The fraction of sp³-hybridized carbons (Fsp3) is 0.917. The molecule has 4 nitrogen and oxygen atoms in total. The summed E-state index contributed by atoms with van der Waals surface area (Å²) >= 11 is 0. The van der Waals surface area contributed by atoms with Crippen LogP contribution in [0.25, 0.3) is 0 Å². The van der Waals surface area contributed by atoms with Gasteiger partial charge >= 0.3 is 0 Å². The zero-order chi connectivity index (χ0) is 19.5. The van der Waals surface area contributed by atoms with Crippen molar-refractivity contribution >= 4 is 11.5 Å². The summed E-state index contributed by atoms with van der Waals surface area (Å²) in [6.07, 6.45) is 10.5. The number of ketones is 1. The minimum atomic E-state index is -0.0108. The van der Waals surface area contributed by atoms with E-state index in [1.54, 1.807) is 0 Å². The highest BCUT2D eigenvalue weighted by molar-refractivity contribution is 5.87. The van der Waals surface area contributed by atoms with Crippen LogP contribution in [0.5, 0.6) is 0 Å². The molecule has 0 amide bonds. The molecule has 4 saturated carbocycles. The standard InChI is InChI=1S/C24H38N2O2/c1-15-12-16-13-17(26-28-18-8-11-25-14-18)6-9-23(16,2)20-7-10-24(3)19(22(15)20)4-5-21(24)27/h15-16,18-20,22,25H,4-14H2,1-3H3/b26-17+/t15-,16?,18?,19+,20+,22+,23+,24+/m1/s1. The van der Waals surface area contributed by atoms with E-state index in [9.17, 15) is 4.79 Å². The minimum absolute atomic E-state index is 0.0108. The number of rotatable bonds is 2. The summed E-state index contributed by atoms with van der Waals surface area (Å²) in [5.41, 5.74) is 1.72. The van der Waals surface area contributed by atoms with Gasteiger partial charge in [-0.05, 0) is 86.5 Å². The molecule has 0 spiro atoms. The Morgan fingerprint density at radius 2 is 1.96 bits per heavy atom. The van der Waals surface area contributed by atoms with Gasteiger partial charge < -0.3 is 10.2 Å². The van der Waals surface area contributed by atoms with Gasteiger partial charge in [0.15, 0.2) is 0 Å². The highest BCUT2D eigenvalue weighted by atomic mass is 16.6. The monoisotopic (exact) mass is 386 g/mol. The lowest BCUT2D eigenvalue weighted by Gasteiger charge is -2.61. The largest absolute Gasteiger partial charge is 0.391 e. The van der Waals surface area contributed by atoms with Gasteiger partial charge in [-0.1, -0.05) is 25.9 Å². The summed E-state index contributed by atoms with van der Waals surface area (Å²) < 4.78 is 0. The Balaban J connectivity index is 1.34. The minimum Gasteiger partial charge on any atom is -0.391 e. The van der Waals surface area contributed by atoms with Crippen LogP contribution >= 0.6 is 0 Å². The fourth-order valence-electron chi connectivity index (χ4n) is 8.16. The Morgan fingerprint density at radius 3 is 2.75 bits per heavy atom. The lowest BCUT2D eigenvalue weighted by atomic mass is 9.43. The van der Waals surface area contributed by atoms with Crippen molar-refractivity contribution < 1.29 is 9.63 Å². The molecule has 28 heavy (non-hydrogen) atoms. The van der Waals surface area contributed by atoms with Crippen molar-refractivity contribution in [2.45, 2.75) is 84.7 Å². The summed E-state index contributed by atoms with van der Waals surface area (Å²) in [6.45, 7) is 9.36. The molecule has 156 valence electrons. The molecule has 5 aliphatic rings. The first-order valence-corrected chi connectivity index (χ1v) is 11.9. The lowest BCUT2D eigenvalue weighted by molar-refractivity contribution is -0.143. The Bertz CT molecular complexity index is 670. The Morgan fingerprint density at radius 1 is 1.11 bits per heavy atom. The van der Waals surface area contributed by atoms with Gasteiger partial charge in [0.2, 0.25) is 0 Å². The van der Waals surface area contributed by atoms with Crippen molar-refractivity contribution in [2.24, 2.45) is 45.6 Å². The van der Waals surface area contributed by atoms with E-state index in [2.05, 4.69) is 31.2 Å². The molecule has 1 heterocycles. The van der Waals surface area contributed by atoms with Crippen LogP contribution in [0.1, 0.15) is 78.6 Å². The lowest BCUT2D eigenvalue weighted by Crippen LogP contribution is -2.56. The van der Waals surface area contributed by atoms with Crippen LogP contribution < -0.4 is 5.32 Å². The molecule has 0 radical (unpaired) electrons. The number of Topliss-reactive ketones (excluding diaryl/α,β-unsaturated/α-hetero) is 1. The van der Waals surface area contributed by atoms with E-state index in [-0.39, 0.29) is 11.5 Å². The third-order valence-corrected chi connectivity index (χ3v) is 9.91.